The quantitative estimate of drug-likeness (QED) is 0.709. The molecule has 1 N–H and O–H groups in total. The molecule has 0 atom stereocenters. The first-order valence-electron chi connectivity index (χ1n) is 10.4. The number of sulfonamides is 1. The second-order valence-corrected chi connectivity index (χ2v) is 11.0. The third-order valence-corrected chi connectivity index (χ3v) is 7.12. The summed E-state index contributed by atoms with van der Waals surface area (Å²) in [5, 5.41) is 0.712. The molecule has 2 aromatic carbocycles. The molecule has 31 heavy (non-hydrogen) atoms. The minimum atomic E-state index is -3.55. The zero-order valence-electron chi connectivity index (χ0n) is 18.3. The maximum absolute atomic E-state index is 12.6. The van der Waals surface area contributed by atoms with Crippen LogP contribution in [0, 0.1) is 0 Å². The summed E-state index contributed by atoms with van der Waals surface area (Å²) in [4.78, 5) is 17.0. The second kappa shape index (κ2) is 9.59. The van der Waals surface area contributed by atoms with E-state index in [4.69, 9.17) is 11.6 Å². The lowest BCUT2D eigenvalue weighted by atomic mass is 10.1. The van der Waals surface area contributed by atoms with Crippen LogP contribution in [-0.4, -0.2) is 50.9 Å². The first-order valence-corrected chi connectivity index (χ1v) is 12.3. The maximum atomic E-state index is 12.6. The van der Waals surface area contributed by atoms with Crippen LogP contribution < -0.4 is 9.62 Å². The number of rotatable bonds is 6. The van der Waals surface area contributed by atoms with E-state index in [2.05, 4.69) is 9.62 Å². The van der Waals surface area contributed by atoms with Gasteiger partial charge >= 0.3 is 0 Å². The number of nitrogens with one attached hydrogen (secondary N) is 1. The van der Waals surface area contributed by atoms with Crippen LogP contribution in [0.15, 0.2) is 53.4 Å². The van der Waals surface area contributed by atoms with Gasteiger partial charge < -0.3 is 9.80 Å². The number of hydrogen-bond acceptors (Lipinski definition) is 4. The molecule has 8 heteroatoms. The van der Waals surface area contributed by atoms with Crippen LogP contribution in [0.1, 0.15) is 32.8 Å². The van der Waals surface area contributed by atoms with E-state index < -0.39 is 15.6 Å². The lowest BCUT2D eigenvalue weighted by Crippen LogP contribution is -2.48. The van der Waals surface area contributed by atoms with Crippen LogP contribution in [0.2, 0.25) is 5.02 Å². The van der Waals surface area contributed by atoms with Gasteiger partial charge in [-0.1, -0.05) is 29.8 Å². The Hall–Kier alpha value is -2.09. The molecule has 0 aromatic heterocycles. The van der Waals surface area contributed by atoms with Gasteiger partial charge in [0.05, 0.1) is 4.90 Å². The smallest absolute Gasteiger partial charge is 0.241 e. The third kappa shape index (κ3) is 6.69. The van der Waals surface area contributed by atoms with Gasteiger partial charge in [0.2, 0.25) is 15.9 Å². The van der Waals surface area contributed by atoms with E-state index in [1.54, 1.807) is 45.0 Å². The first-order chi connectivity index (χ1) is 14.5. The normalized spacial score (nSPS) is 15.2. The van der Waals surface area contributed by atoms with Gasteiger partial charge in [0.25, 0.3) is 0 Å². The number of halogens is 1. The predicted molar refractivity (Wildman–Crippen MR) is 125 cm³/mol. The molecule has 1 saturated heterocycles. The highest BCUT2D eigenvalue weighted by molar-refractivity contribution is 7.89. The molecule has 2 aromatic rings. The average Bonchev–Trinajstić information content (AvgIpc) is 2.71. The molecule has 0 spiro atoms. The fraction of sp³-hybridized carbons (Fsp3) is 0.435. The highest BCUT2D eigenvalue weighted by Gasteiger charge is 2.23. The fourth-order valence-electron chi connectivity index (χ4n) is 3.59. The summed E-state index contributed by atoms with van der Waals surface area (Å²) in [5.41, 5.74) is 1.48. The molecule has 0 saturated carbocycles. The van der Waals surface area contributed by atoms with Crippen LogP contribution in [0.25, 0.3) is 0 Å². The van der Waals surface area contributed by atoms with Crippen molar-refractivity contribution in [1.29, 1.82) is 0 Å². The van der Waals surface area contributed by atoms with Crippen molar-refractivity contribution in [1.82, 2.24) is 9.62 Å². The van der Waals surface area contributed by atoms with Gasteiger partial charge in [-0.3, -0.25) is 4.79 Å². The summed E-state index contributed by atoms with van der Waals surface area (Å²) in [6.45, 7) is 8.33. The summed E-state index contributed by atoms with van der Waals surface area (Å²) in [6, 6.07) is 14.5. The molecule has 6 nitrogen and oxygen atoms in total. The largest absolute Gasteiger partial charge is 0.368 e. The molecule has 1 amide bonds. The van der Waals surface area contributed by atoms with Crippen LogP contribution in [0.3, 0.4) is 0 Å². The van der Waals surface area contributed by atoms with Crippen molar-refractivity contribution in [2.24, 2.45) is 0 Å². The molecule has 0 unspecified atom stereocenters. The van der Waals surface area contributed by atoms with E-state index >= 15 is 0 Å². The molecule has 1 fully saturated rings. The number of hydrogen-bond donors (Lipinski definition) is 1. The average molecular weight is 464 g/mol. The lowest BCUT2D eigenvalue weighted by Gasteiger charge is -2.36. The van der Waals surface area contributed by atoms with Gasteiger partial charge in [0, 0.05) is 48.8 Å². The Morgan fingerprint density at radius 1 is 1.03 bits per heavy atom. The van der Waals surface area contributed by atoms with Crippen molar-refractivity contribution in [3.8, 4) is 0 Å². The SMILES string of the molecule is CC(C)(C)NS(=O)(=O)c1ccc(CCC(=O)N2CCN(c3cccc(Cl)c3)CC2)cc1. The topological polar surface area (TPSA) is 69.7 Å². The van der Waals surface area contributed by atoms with Gasteiger partial charge in [0.15, 0.2) is 0 Å². The van der Waals surface area contributed by atoms with Crippen molar-refractivity contribution in [3.05, 3.63) is 59.1 Å². The predicted octanol–water partition coefficient (Wildman–Crippen LogP) is 3.70. The molecule has 1 heterocycles. The summed E-state index contributed by atoms with van der Waals surface area (Å²) >= 11 is 6.08. The number of anilines is 1. The number of piperazine rings is 1. The number of carbonyl (C=O) groups excluding carboxylic acids is 1. The Bertz CT molecular complexity index is 1010. The van der Waals surface area contributed by atoms with Crippen molar-refractivity contribution in [2.45, 2.75) is 44.0 Å². The van der Waals surface area contributed by atoms with Gasteiger partial charge in [-0.2, -0.15) is 0 Å². The van der Waals surface area contributed by atoms with Crippen molar-refractivity contribution in [3.63, 3.8) is 0 Å². The van der Waals surface area contributed by atoms with Crippen LogP contribution in [0.5, 0.6) is 0 Å². The molecule has 168 valence electrons. The highest BCUT2D eigenvalue weighted by atomic mass is 35.5. The lowest BCUT2D eigenvalue weighted by molar-refractivity contribution is -0.131. The standard InChI is InChI=1S/C23H30ClN3O3S/c1-23(2,3)25-31(29,30)21-10-7-18(8-11-21)9-12-22(28)27-15-13-26(14-16-27)20-6-4-5-19(24)17-20/h4-8,10-11,17,25H,9,12-16H2,1-3H3. The third-order valence-electron chi connectivity index (χ3n) is 5.11. The minimum absolute atomic E-state index is 0.122. The molecular formula is C23H30ClN3O3S. The number of amides is 1. The summed E-state index contributed by atoms with van der Waals surface area (Å²) < 4.78 is 27.4. The highest BCUT2D eigenvalue weighted by Crippen LogP contribution is 2.21. The Kier molecular flexibility index (Phi) is 7.29. The Balaban J connectivity index is 1.50. The van der Waals surface area contributed by atoms with E-state index in [0.717, 1.165) is 24.3 Å². The zero-order chi connectivity index (χ0) is 22.6. The molecule has 0 radical (unpaired) electrons. The second-order valence-electron chi connectivity index (χ2n) is 8.85. The van der Waals surface area contributed by atoms with Crippen molar-refractivity contribution in [2.75, 3.05) is 31.1 Å². The molecule has 0 bridgehead atoms. The van der Waals surface area contributed by atoms with Gasteiger partial charge in [-0.05, 0) is 63.1 Å². The summed E-state index contributed by atoms with van der Waals surface area (Å²) in [6.07, 6.45) is 0.990. The van der Waals surface area contributed by atoms with Gasteiger partial charge in [-0.25, -0.2) is 13.1 Å². The minimum Gasteiger partial charge on any atom is -0.368 e. The Labute approximate surface area is 190 Å². The van der Waals surface area contributed by atoms with Crippen LogP contribution in [0.4, 0.5) is 5.69 Å². The van der Waals surface area contributed by atoms with Gasteiger partial charge in [0.1, 0.15) is 0 Å². The van der Waals surface area contributed by atoms with Crippen LogP contribution in [-0.2, 0) is 21.2 Å². The fourth-order valence-corrected chi connectivity index (χ4v) is 5.20. The molecule has 3 rings (SSSR count). The summed E-state index contributed by atoms with van der Waals surface area (Å²) in [5.74, 6) is 0.122. The number of carbonyl (C=O) groups is 1. The molecule has 0 aliphatic carbocycles. The van der Waals surface area contributed by atoms with E-state index in [0.29, 0.717) is 31.0 Å². The van der Waals surface area contributed by atoms with E-state index in [-0.39, 0.29) is 10.8 Å². The van der Waals surface area contributed by atoms with Gasteiger partial charge in [-0.15, -0.1) is 0 Å². The number of aryl methyl sites for hydroxylation is 1. The van der Waals surface area contributed by atoms with E-state index in [1.165, 1.54) is 0 Å². The maximum Gasteiger partial charge on any atom is 0.241 e. The zero-order valence-corrected chi connectivity index (χ0v) is 19.8. The molecular weight excluding hydrogens is 434 g/mol. The molecule has 1 aliphatic rings. The van der Waals surface area contributed by atoms with Crippen molar-refractivity contribution < 1.29 is 13.2 Å². The van der Waals surface area contributed by atoms with Crippen LogP contribution >= 0.6 is 11.6 Å². The first kappa shape index (κ1) is 23.6. The summed E-state index contributed by atoms with van der Waals surface area (Å²) in [7, 11) is -3.55. The Morgan fingerprint density at radius 3 is 2.26 bits per heavy atom. The van der Waals surface area contributed by atoms with E-state index in [9.17, 15) is 13.2 Å². The molecule has 1 aliphatic heterocycles. The monoisotopic (exact) mass is 463 g/mol. The number of nitrogens with zero attached hydrogens (tertiary/aromatic N) is 2. The van der Waals surface area contributed by atoms with Crippen molar-refractivity contribution >= 4 is 33.2 Å². The van der Waals surface area contributed by atoms with E-state index in [1.807, 2.05) is 29.2 Å². The number of benzene rings is 2. The Morgan fingerprint density at radius 2 is 1.68 bits per heavy atom.